The molecule has 3 aliphatic heterocycles. The van der Waals surface area contributed by atoms with Crippen LogP contribution in [0.2, 0.25) is 4.34 Å². The molecule has 0 saturated carbocycles. The average Bonchev–Trinajstić information content (AvgIpc) is 3.34. The van der Waals surface area contributed by atoms with Crippen molar-refractivity contribution in [1.82, 2.24) is 19.1 Å². The molecule has 0 bridgehead atoms. The van der Waals surface area contributed by atoms with Crippen molar-refractivity contribution < 1.29 is 8.42 Å². The maximum Gasteiger partial charge on any atom is 0.236 e. The second kappa shape index (κ2) is 8.70. The van der Waals surface area contributed by atoms with E-state index in [4.69, 9.17) is 11.6 Å². The highest BCUT2D eigenvalue weighted by Gasteiger charge is 2.51. The molecule has 1 spiro atoms. The van der Waals surface area contributed by atoms with Crippen molar-refractivity contribution in [3.05, 3.63) is 51.3 Å². The zero-order valence-electron chi connectivity index (χ0n) is 18.1. The van der Waals surface area contributed by atoms with Crippen molar-refractivity contribution >= 4 is 44.7 Å². The van der Waals surface area contributed by atoms with Gasteiger partial charge in [0.2, 0.25) is 10.0 Å². The summed E-state index contributed by atoms with van der Waals surface area (Å²) in [6, 6.07) is 7.76. The Morgan fingerprint density at radius 1 is 1.12 bits per heavy atom. The second-order valence-corrected chi connectivity index (χ2v) is 12.4. The topological polar surface area (TPSA) is 60.0 Å². The number of piperazine rings is 1. The SMILES string of the molecule is CN1C2CN(S(=O)(=O)C=Cc3ccc(Cl)s3)CCN2CC12CCN(c1ccncc1)CC2. The highest BCUT2D eigenvalue weighted by Crippen LogP contribution is 2.39. The van der Waals surface area contributed by atoms with Crippen molar-refractivity contribution in [1.29, 1.82) is 0 Å². The number of likely N-dealkylation sites (N-methyl/N-ethyl adjacent to an activating group) is 1. The summed E-state index contributed by atoms with van der Waals surface area (Å²) in [6.45, 7) is 4.82. The third kappa shape index (κ3) is 4.22. The van der Waals surface area contributed by atoms with Crippen molar-refractivity contribution in [3.63, 3.8) is 0 Å². The van der Waals surface area contributed by atoms with E-state index in [0.717, 1.165) is 43.9 Å². The summed E-state index contributed by atoms with van der Waals surface area (Å²) in [7, 11) is -1.30. The number of fused-ring (bicyclic) bond motifs is 1. The molecule has 10 heteroatoms. The molecule has 1 atom stereocenters. The molecule has 0 aliphatic carbocycles. The number of halogens is 1. The third-order valence-electron chi connectivity index (χ3n) is 7.20. The monoisotopic (exact) mass is 493 g/mol. The van der Waals surface area contributed by atoms with Crippen molar-refractivity contribution in [2.24, 2.45) is 0 Å². The van der Waals surface area contributed by atoms with Crippen LogP contribution in [0.1, 0.15) is 17.7 Å². The summed E-state index contributed by atoms with van der Waals surface area (Å²) in [5.74, 6) is 0. The third-order valence-corrected chi connectivity index (χ3v) is 9.93. The van der Waals surface area contributed by atoms with Gasteiger partial charge >= 0.3 is 0 Å². The maximum absolute atomic E-state index is 13.0. The number of hydrogen-bond donors (Lipinski definition) is 0. The average molecular weight is 494 g/mol. The largest absolute Gasteiger partial charge is 0.371 e. The van der Waals surface area contributed by atoms with Gasteiger partial charge in [-0.05, 0) is 50.2 Å². The van der Waals surface area contributed by atoms with Gasteiger partial charge < -0.3 is 4.90 Å². The van der Waals surface area contributed by atoms with Crippen LogP contribution in [0.25, 0.3) is 6.08 Å². The van der Waals surface area contributed by atoms with E-state index >= 15 is 0 Å². The van der Waals surface area contributed by atoms with Gasteiger partial charge in [-0.1, -0.05) is 11.6 Å². The Hall–Kier alpha value is -1.49. The zero-order chi connectivity index (χ0) is 22.3. The summed E-state index contributed by atoms with van der Waals surface area (Å²) >= 11 is 7.33. The molecule has 32 heavy (non-hydrogen) atoms. The van der Waals surface area contributed by atoms with E-state index in [9.17, 15) is 8.42 Å². The summed E-state index contributed by atoms with van der Waals surface area (Å²) in [4.78, 5) is 12.3. The minimum Gasteiger partial charge on any atom is -0.371 e. The maximum atomic E-state index is 13.0. The molecule has 7 nitrogen and oxygen atoms in total. The van der Waals surface area contributed by atoms with Crippen LogP contribution in [-0.4, -0.2) is 85.5 Å². The van der Waals surface area contributed by atoms with Crippen LogP contribution in [0.5, 0.6) is 0 Å². The van der Waals surface area contributed by atoms with Crippen LogP contribution in [0, 0.1) is 0 Å². The first-order chi connectivity index (χ1) is 15.4. The number of anilines is 1. The number of pyridine rings is 1. The van der Waals surface area contributed by atoms with Crippen LogP contribution in [0.15, 0.2) is 42.1 Å². The molecule has 5 heterocycles. The van der Waals surface area contributed by atoms with E-state index < -0.39 is 10.0 Å². The van der Waals surface area contributed by atoms with Gasteiger partial charge in [-0.2, -0.15) is 4.31 Å². The van der Waals surface area contributed by atoms with Crippen molar-refractivity contribution in [3.8, 4) is 0 Å². The number of hydrogen-bond acceptors (Lipinski definition) is 7. The molecular formula is C22H28ClN5O2S2. The molecular weight excluding hydrogens is 466 g/mol. The molecule has 0 aromatic carbocycles. The predicted molar refractivity (Wildman–Crippen MR) is 130 cm³/mol. The molecule has 172 valence electrons. The zero-order valence-corrected chi connectivity index (χ0v) is 20.5. The van der Waals surface area contributed by atoms with E-state index in [1.807, 2.05) is 18.5 Å². The fourth-order valence-corrected chi connectivity index (χ4v) is 7.49. The van der Waals surface area contributed by atoms with Gasteiger partial charge in [0.15, 0.2) is 0 Å². The Balaban J connectivity index is 1.25. The first-order valence-corrected chi connectivity index (χ1v) is 13.6. The molecule has 0 amide bonds. The minimum atomic E-state index is -3.47. The summed E-state index contributed by atoms with van der Waals surface area (Å²) in [6.07, 6.45) is 7.61. The molecule has 0 N–H and O–H groups in total. The van der Waals surface area contributed by atoms with Gasteiger partial charge in [-0.25, -0.2) is 8.42 Å². The summed E-state index contributed by atoms with van der Waals surface area (Å²) in [5.41, 5.74) is 1.33. The lowest BCUT2D eigenvalue weighted by atomic mass is 9.86. The lowest BCUT2D eigenvalue weighted by Crippen LogP contribution is -2.57. The molecule has 1 unspecified atom stereocenters. The van der Waals surface area contributed by atoms with E-state index in [2.05, 4.69) is 38.9 Å². The van der Waals surface area contributed by atoms with E-state index in [1.54, 1.807) is 16.4 Å². The lowest BCUT2D eigenvalue weighted by molar-refractivity contribution is 0.0588. The Labute approximate surface area is 198 Å². The van der Waals surface area contributed by atoms with Crippen molar-refractivity contribution in [2.45, 2.75) is 24.5 Å². The lowest BCUT2D eigenvalue weighted by Gasteiger charge is -2.45. The Bertz CT molecular complexity index is 1080. The first kappa shape index (κ1) is 22.3. The Kier molecular flexibility index (Phi) is 6.06. The van der Waals surface area contributed by atoms with E-state index in [-0.39, 0.29) is 11.7 Å². The number of aromatic nitrogens is 1. The van der Waals surface area contributed by atoms with Crippen LogP contribution < -0.4 is 4.90 Å². The molecule has 3 fully saturated rings. The fraction of sp³-hybridized carbons (Fsp3) is 0.500. The predicted octanol–water partition coefficient (Wildman–Crippen LogP) is 3.03. The Morgan fingerprint density at radius 2 is 1.88 bits per heavy atom. The molecule has 0 radical (unpaired) electrons. The minimum absolute atomic E-state index is 0.109. The first-order valence-electron chi connectivity index (χ1n) is 10.9. The van der Waals surface area contributed by atoms with Gasteiger partial charge in [0.25, 0.3) is 0 Å². The molecule has 2 aromatic heterocycles. The molecule has 2 aromatic rings. The van der Waals surface area contributed by atoms with E-state index in [0.29, 0.717) is 17.4 Å². The van der Waals surface area contributed by atoms with Gasteiger partial charge in [0, 0.05) is 73.2 Å². The Morgan fingerprint density at radius 3 is 2.56 bits per heavy atom. The van der Waals surface area contributed by atoms with Crippen LogP contribution in [0.4, 0.5) is 5.69 Å². The summed E-state index contributed by atoms with van der Waals surface area (Å²) < 4.78 is 28.3. The second-order valence-electron chi connectivity index (χ2n) is 8.83. The molecule has 3 saturated heterocycles. The van der Waals surface area contributed by atoms with Gasteiger partial charge in [0.1, 0.15) is 0 Å². The number of thiophene rings is 1. The highest BCUT2D eigenvalue weighted by atomic mass is 35.5. The standard InChI is InChI=1S/C22H28ClN5O2S2/c1-25-21-16-28(32(29,30)15-6-19-2-3-20(23)31-19)14-13-27(21)17-22(25)7-11-26(12-8-22)18-4-9-24-10-5-18/h2-6,9-10,15,21H,7-8,11-14,16-17H2,1H3. The number of rotatable bonds is 4. The fourth-order valence-electron chi connectivity index (χ4n) is 5.27. The van der Waals surface area contributed by atoms with Gasteiger partial charge in [-0.3, -0.25) is 14.8 Å². The van der Waals surface area contributed by atoms with Crippen LogP contribution in [-0.2, 0) is 10.0 Å². The van der Waals surface area contributed by atoms with Gasteiger partial charge in [-0.15, -0.1) is 11.3 Å². The van der Waals surface area contributed by atoms with E-state index in [1.165, 1.54) is 22.4 Å². The summed E-state index contributed by atoms with van der Waals surface area (Å²) in [5, 5.41) is 1.32. The molecule has 5 rings (SSSR count). The number of piperidine rings is 1. The van der Waals surface area contributed by atoms with Gasteiger partial charge in [0.05, 0.1) is 10.5 Å². The quantitative estimate of drug-likeness (QED) is 0.652. The van der Waals surface area contributed by atoms with Crippen LogP contribution >= 0.6 is 22.9 Å². The number of sulfonamides is 1. The highest BCUT2D eigenvalue weighted by molar-refractivity contribution is 7.92. The number of nitrogens with zero attached hydrogens (tertiary/aromatic N) is 5. The van der Waals surface area contributed by atoms with Crippen molar-refractivity contribution in [2.75, 3.05) is 51.2 Å². The smallest absolute Gasteiger partial charge is 0.236 e. The normalized spacial score (nSPS) is 25.1. The van der Waals surface area contributed by atoms with Crippen LogP contribution in [0.3, 0.4) is 0 Å². The molecule has 3 aliphatic rings.